The SMILES string of the molecule is Fc1cc(COc2n[nH]c3c2COCC3)ccc1-c1noc(C(F)(F)F)n1. The van der Waals surface area contributed by atoms with E-state index in [2.05, 4.69) is 24.9 Å². The average Bonchev–Trinajstić information content (AvgIpc) is 3.27. The molecule has 0 bridgehead atoms. The lowest BCUT2D eigenvalue weighted by atomic mass is 10.1. The molecule has 3 aromatic rings. The molecule has 27 heavy (non-hydrogen) atoms. The average molecular weight is 384 g/mol. The van der Waals surface area contributed by atoms with Gasteiger partial charge in [-0.3, -0.25) is 5.10 Å². The Balaban J connectivity index is 1.49. The molecule has 3 heterocycles. The van der Waals surface area contributed by atoms with Gasteiger partial charge in [-0.1, -0.05) is 11.2 Å². The number of aromatic nitrogens is 4. The van der Waals surface area contributed by atoms with E-state index in [0.717, 1.165) is 17.3 Å². The van der Waals surface area contributed by atoms with Crippen LogP contribution in [0.4, 0.5) is 17.6 Å². The topological polar surface area (TPSA) is 86.1 Å². The third-order valence-electron chi connectivity index (χ3n) is 3.98. The largest absolute Gasteiger partial charge is 0.471 e. The first-order valence-electron chi connectivity index (χ1n) is 7.88. The van der Waals surface area contributed by atoms with Crippen LogP contribution in [0.5, 0.6) is 5.88 Å². The number of rotatable bonds is 4. The molecule has 0 amide bonds. The fourth-order valence-corrected chi connectivity index (χ4v) is 2.64. The Hall–Kier alpha value is -2.95. The van der Waals surface area contributed by atoms with Gasteiger partial charge in [0.1, 0.15) is 12.4 Å². The van der Waals surface area contributed by atoms with Gasteiger partial charge < -0.3 is 14.0 Å². The van der Waals surface area contributed by atoms with Gasteiger partial charge in [0.25, 0.3) is 0 Å². The van der Waals surface area contributed by atoms with Crippen molar-refractivity contribution in [3.8, 4) is 17.3 Å². The number of H-pyrrole nitrogens is 1. The van der Waals surface area contributed by atoms with E-state index >= 15 is 0 Å². The predicted molar refractivity (Wildman–Crippen MR) is 81.0 cm³/mol. The van der Waals surface area contributed by atoms with Crippen LogP contribution in [0, 0.1) is 5.82 Å². The smallest absolute Gasteiger partial charge is 0.471 e. The highest BCUT2D eigenvalue weighted by atomic mass is 19.4. The molecule has 1 aromatic carbocycles. The van der Waals surface area contributed by atoms with Crippen LogP contribution >= 0.6 is 0 Å². The second kappa shape index (κ2) is 6.65. The van der Waals surface area contributed by atoms with E-state index in [1.54, 1.807) is 0 Å². The van der Waals surface area contributed by atoms with Gasteiger partial charge >= 0.3 is 12.1 Å². The molecule has 11 heteroatoms. The minimum absolute atomic E-state index is 0.0224. The van der Waals surface area contributed by atoms with Crippen LogP contribution in [0.1, 0.15) is 22.7 Å². The van der Waals surface area contributed by atoms with Gasteiger partial charge in [-0.05, 0) is 17.7 Å². The van der Waals surface area contributed by atoms with E-state index < -0.39 is 23.7 Å². The van der Waals surface area contributed by atoms with Gasteiger partial charge in [-0.25, -0.2) is 4.39 Å². The number of halogens is 4. The summed E-state index contributed by atoms with van der Waals surface area (Å²) < 4.78 is 66.9. The summed E-state index contributed by atoms with van der Waals surface area (Å²) in [5.74, 6) is -2.43. The lowest BCUT2D eigenvalue weighted by Crippen LogP contribution is -2.09. The summed E-state index contributed by atoms with van der Waals surface area (Å²) in [5.41, 5.74) is 2.02. The zero-order valence-corrected chi connectivity index (χ0v) is 13.6. The fraction of sp³-hybridized carbons (Fsp3) is 0.312. The maximum Gasteiger partial charge on any atom is 0.471 e. The fourth-order valence-electron chi connectivity index (χ4n) is 2.64. The quantitative estimate of drug-likeness (QED) is 0.695. The van der Waals surface area contributed by atoms with Crippen molar-refractivity contribution in [2.45, 2.75) is 25.8 Å². The molecular formula is C16H12F4N4O3. The maximum absolute atomic E-state index is 14.3. The Bertz CT molecular complexity index is 967. The number of nitrogens with one attached hydrogen (secondary N) is 1. The van der Waals surface area contributed by atoms with Crippen LogP contribution in [0.3, 0.4) is 0 Å². The zero-order chi connectivity index (χ0) is 19.0. The van der Waals surface area contributed by atoms with Gasteiger partial charge in [-0.2, -0.15) is 18.2 Å². The number of hydrogen-bond donors (Lipinski definition) is 1. The normalized spacial score (nSPS) is 14.2. The molecule has 142 valence electrons. The van der Waals surface area contributed by atoms with Crippen LogP contribution in [-0.4, -0.2) is 26.9 Å². The Morgan fingerprint density at radius 3 is 2.85 bits per heavy atom. The number of aromatic amines is 1. The standard InChI is InChI=1S/C16H12F4N4O3/c17-11-5-8(6-26-14-10-7-25-4-3-12(10)22-23-14)1-2-9(11)13-21-15(27-24-13)16(18,19)20/h1-2,5H,3-4,6-7H2,(H,22,23). The number of hydrogen-bond acceptors (Lipinski definition) is 6. The molecule has 4 rings (SSSR count). The zero-order valence-electron chi connectivity index (χ0n) is 13.6. The molecule has 0 spiro atoms. The summed E-state index contributed by atoms with van der Waals surface area (Å²) in [5, 5.41) is 10.1. The van der Waals surface area contributed by atoms with Crippen molar-refractivity contribution in [3.05, 3.63) is 46.7 Å². The molecule has 0 saturated carbocycles. The van der Waals surface area contributed by atoms with Crippen LogP contribution in [0.25, 0.3) is 11.4 Å². The van der Waals surface area contributed by atoms with Crippen LogP contribution < -0.4 is 4.74 Å². The summed E-state index contributed by atoms with van der Waals surface area (Å²) in [6.45, 7) is 1.01. The number of fused-ring (bicyclic) bond motifs is 1. The Morgan fingerprint density at radius 2 is 2.11 bits per heavy atom. The maximum atomic E-state index is 14.3. The Labute approximate surface area is 149 Å². The van der Waals surface area contributed by atoms with E-state index in [9.17, 15) is 17.6 Å². The second-order valence-corrected chi connectivity index (χ2v) is 5.81. The predicted octanol–water partition coefficient (Wildman–Crippen LogP) is 3.27. The molecule has 1 aliphatic rings. The first-order chi connectivity index (χ1) is 12.9. The van der Waals surface area contributed by atoms with Gasteiger partial charge in [0.15, 0.2) is 0 Å². The minimum Gasteiger partial charge on any atom is -0.471 e. The van der Waals surface area contributed by atoms with Crippen molar-refractivity contribution in [2.75, 3.05) is 6.61 Å². The first-order valence-corrected chi connectivity index (χ1v) is 7.88. The van der Waals surface area contributed by atoms with E-state index in [0.29, 0.717) is 31.1 Å². The molecule has 0 saturated heterocycles. The lowest BCUT2D eigenvalue weighted by molar-refractivity contribution is -0.159. The second-order valence-electron chi connectivity index (χ2n) is 5.81. The lowest BCUT2D eigenvalue weighted by Gasteiger charge is -2.12. The highest BCUT2D eigenvalue weighted by Gasteiger charge is 2.38. The Morgan fingerprint density at radius 1 is 1.26 bits per heavy atom. The van der Waals surface area contributed by atoms with Crippen molar-refractivity contribution in [1.29, 1.82) is 0 Å². The van der Waals surface area contributed by atoms with Crippen molar-refractivity contribution < 1.29 is 31.6 Å². The molecule has 0 aliphatic carbocycles. The van der Waals surface area contributed by atoms with E-state index in [1.807, 2.05) is 0 Å². The molecule has 0 fully saturated rings. The molecule has 7 nitrogen and oxygen atoms in total. The van der Waals surface area contributed by atoms with Crippen LogP contribution in [0.2, 0.25) is 0 Å². The van der Waals surface area contributed by atoms with Gasteiger partial charge in [0.2, 0.25) is 11.7 Å². The van der Waals surface area contributed by atoms with E-state index in [4.69, 9.17) is 9.47 Å². The first kappa shape index (κ1) is 17.5. The summed E-state index contributed by atoms with van der Waals surface area (Å²) in [6, 6.07) is 3.90. The van der Waals surface area contributed by atoms with Crippen LogP contribution in [-0.2, 0) is 30.5 Å². The summed E-state index contributed by atoms with van der Waals surface area (Å²) in [6.07, 6.45) is -4.08. The monoisotopic (exact) mass is 384 g/mol. The van der Waals surface area contributed by atoms with Gasteiger partial charge in [0.05, 0.1) is 24.3 Å². The molecule has 2 aromatic heterocycles. The summed E-state index contributed by atoms with van der Waals surface area (Å²) in [4.78, 5) is 3.18. The van der Waals surface area contributed by atoms with Crippen molar-refractivity contribution in [1.82, 2.24) is 20.3 Å². The number of nitrogens with zero attached hydrogens (tertiary/aromatic N) is 3. The van der Waals surface area contributed by atoms with Crippen molar-refractivity contribution in [3.63, 3.8) is 0 Å². The highest BCUT2D eigenvalue weighted by Crippen LogP contribution is 2.30. The number of ether oxygens (including phenoxy) is 2. The van der Waals surface area contributed by atoms with Gasteiger partial charge in [-0.15, -0.1) is 5.10 Å². The molecule has 1 N–H and O–H groups in total. The minimum atomic E-state index is -4.79. The molecule has 1 aliphatic heterocycles. The molecule has 0 atom stereocenters. The summed E-state index contributed by atoms with van der Waals surface area (Å²) >= 11 is 0. The Kier molecular flexibility index (Phi) is 4.30. The summed E-state index contributed by atoms with van der Waals surface area (Å²) in [7, 11) is 0. The number of benzene rings is 1. The third-order valence-corrected chi connectivity index (χ3v) is 3.98. The van der Waals surface area contributed by atoms with Crippen molar-refractivity contribution >= 4 is 0 Å². The van der Waals surface area contributed by atoms with E-state index in [-0.39, 0.29) is 12.2 Å². The number of alkyl halides is 3. The highest BCUT2D eigenvalue weighted by molar-refractivity contribution is 5.55. The third kappa shape index (κ3) is 3.50. The molecule has 0 radical (unpaired) electrons. The van der Waals surface area contributed by atoms with E-state index in [1.165, 1.54) is 12.1 Å². The van der Waals surface area contributed by atoms with Crippen molar-refractivity contribution in [2.24, 2.45) is 0 Å². The molecule has 0 unspecified atom stereocenters. The van der Waals surface area contributed by atoms with Crippen LogP contribution in [0.15, 0.2) is 22.7 Å². The van der Waals surface area contributed by atoms with Gasteiger partial charge in [0, 0.05) is 12.1 Å². The molecular weight excluding hydrogens is 372 g/mol.